The van der Waals surface area contributed by atoms with Crippen LogP contribution >= 0.6 is 0 Å². The second-order valence-electron chi connectivity index (χ2n) is 3.81. The molecule has 2 N–H and O–H groups in total. The Morgan fingerprint density at radius 3 is 2.67 bits per heavy atom. The summed E-state index contributed by atoms with van der Waals surface area (Å²) in [6.07, 6.45) is 0. The minimum Gasteiger partial charge on any atom is -0.407 e. The predicted octanol–water partition coefficient (Wildman–Crippen LogP) is -0.518. The first-order chi connectivity index (χ1) is 8.45. The van der Waals surface area contributed by atoms with Gasteiger partial charge < -0.3 is 15.1 Å². The van der Waals surface area contributed by atoms with E-state index in [-0.39, 0.29) is 18.3 Å². The molecule has 0 spiro atoms. The van der Waals surface area contributed by atoms with Crippen LogP contribution in [0.1, 0.15) is 12.8 Å². The van der Waals surface area contributed by atoms with E-state index in [1.165, 1.54) is 18.4 Å². The monoisotopic (exact) mass is 277 g/mol. The van der Waals surface area contributed by atoms with Crippen LogP contribution in [0, 0.1) is 0 Å². The molecule has 0 bridgehead atoms. The summed E-state index contributed by atoms with van der Waals surface area (Å²) in [5.41, 5.74) is 0. The zero-order chi connectivity index (χ0) is 13.6. The van der Waals surface area contributed by atoms with Crippen LogP contribution in [0.3, 0.4) is 0 Å². The van der Waals surface area contributed by atoms with Gasteiger partial charge >= 0.3 is 6.01 Å². The second kappa shape index (κ2) is 6.66. The minimum absolute atomic E-state index is 0.0229. The van der Waals surface area contributed by atoms with Crippen LogP contribution in [0.25, 0.3) is 0 Å². The minimum atomic E-state index is -3.21. The van der Waals surface area contributed by atoms with Gasteiger partial charge in [-0.1, -0.05) is 12.0 Å². The molecule has 0 saturated heterocycles. The Hall–Kier alpha value is -1.19. The van der Waals surface area contributed by atoms with Gasteiger partial charge in [-0.15, -0.1) is 5.10 Å². The first-order valence-electron chi connectivity index (χ1n) is 5.63. The van der Waals surface area contributed by atoms with Crippen LogP contribution in [0.4, 0.5) is 6.01 Å². The number of nitrogens with zero attached hydrogens (tertiary/aromatic N) is 3. The third-order valence-electron chi connectivity index (χ3n) is 2.19. The van der Waals surface area contributed by atoms with Crippen molar-refractivity contribution >= 4 is 16.0 Å². The maximum atomic E-state index is 11.5. The Bertz CT molecular complexity index is 457. The maximum Gasteiger partial charge on any atom is 0.315 e. The Morgan fingerprint density at radius 2 is 2.06 bits per heavy atom. The van der Waals surface area contributed by atoms with Gasteiger partial charge in [-0.25, -0.2) is 12.7 Å². The summed E-state index contributed by atoms with van der Waals surface area (Å²) < 4.78 is 29.4. The summed E-state index contributed by atoms with van der Waals surface area (Å²) in [5.74, 6) is 0.445. The standard InChI is InChI=1S/C9H19N5O3S/c1-4-10-7-8-12-13-9(17-8)11-5-6-18(15,16)14(2)3/h10H,4-7H2,1-3H3,(H,11,13). The highest BCUT2D eigenvalue weighted by Gasteiger charge is 2.13. The van der Waals surface area contributed by atoms with Crippen LogP contribution in [-0.4, -0.2) is 55.9 Å². The number of hydrogen-bond donors (Lipinski definition) is 2. The average molecular weight is 277 g/mol. The van der Waals surface area contributed by atoms with Crippen LogP contribution in [0.15, 0.2) is 4.42 Å². The van der Waals surface area contributed by atoms with Gasteiger partial charge in [0, 0.05) is 20.6 Å². The number of nitrogens with one attached hydrogen (secondary N) is 2. The zero-order valence-corrected chi connectivity index (χ0v) is 11.6. The number of rotatable bonds is 8. The molecule has 1 aromatic heterocycles. The molecule has 0 amide bonds. The summed E-state index contributed by atoms with van der Waals surface area (Å²) in [6.45, 7) is 3.51. The Labute approximate surface area is 107 Å². The van der Waals surface area contributed by atoms with E-state index >= 15 is 0 Å². The van der Waals surface area contributed by atoms with E-state index in [4.69, 9.17) is 4.42 Å². The molecule has 0 radical (unpaired) electrons. The molecular weight excluding hydrogens is 258 g/mol. The topological polar surface area (TPSA) is 100 Å². The maximum absolute atomic E-state index is 11.5. The molecule has 0 aliphatic rings. The molecule has 1 heterocycles. The van der Waals surface area contributed by atoms with E-state index in [2.05, 4.69) is 20.8 Å². The molecule has 0 aliphatic carbocycles. The van der Waals surface area contributed by atoms with E-state index in [1.807, 2.05) is 6.92 Å². The van der Waals surface area contributed by atoms with Gasteiger partial charge in [0.15, 0.2) is 0 Å². The summed E-state index contributed by atoms with van der Waals surface area (Å²) in [6, 6.07) is 0.233. The smallest absolute Gasteiger partial charge is 0.315 e. The Balaban J connectivity index is 2.38. The fourth-order valence-corrected chi connectivity index (χ4v) is 1.82. The number of aromatic nitrogens is 2. The van der Waals surface area contributed by atoms with Crippen molar-refractivity contribution in [2.75, 3.05) is 38.3 Å². The second-order valence-corrected chi connectivity index (χ2v) is 6.11. The Kier molecular flexibility index (Phi) is 5.51. The quantitative estimate of drug-likeness (QED) is 0.659. The van der Waals surface area contributed by atoms with Gasteiger partial charge in [0.1, 0.15) is 0 Å². The summed E-state index contributed by atoms with van der Waals surface area (Å²) >= 11 is 0. The van der Waals surface area contributed by atoms with Gasteiger partial charge in [0.25, 0.3) is 0 Å². The molecule has 0 saturated carbocycles. The molecule has 9 heteroatoms. The van der Waals surface area contributed by atoms with E-state index in [9.17, 15) is 8.42 Å². The fraction of sp³-hybridized carbons (Fsp3) is 0.778. The van der Waals surface area contributed by atoms with Crippen molar-refractivity contribution in [3.05, 3.63) is 5.89 Å². The highest BCUT2D eigenvalue weighted by Crippen LogP contribution is 2.05. The van der Waals surface area contributed by atoms with Crippen molar-refractivity contribution < 1.29 is 12.8 Å². The molecule has 0 atom stereocenters. The highest BCUT2D eigenvalue weighted by atomic mass is 32.2. The van der Waals surface area contributed by atoms with Gasteiger partial charge in [0.2, 0.25) is 15.9 Å². The van der Waals surface area contributed by atoms with E-state index in [0.29, 0.717) is 12.4 Å². The van der Waals surface area contributed by atoms with Crippen molar-refractivity contribution in [1.82, 2.24) is 19.8 Å². The summed E-state index contributed by atoms with van der Waals surface area (Å²) in [4.78, 5) is 0. The number of sulfonamides is 1. The van der Waals surface area contributed by atoms with Crippen molar-refractivity contribution in [3.63, 3.8) is 0 Å². The highest BCUT2D eigenvalue weighted by molar-refractivity contribution is 7.89. The fourth-order valence-electron chi connectivity index (χ4n) is 1.10. The lowest BCUT2D eigenvalue weighted by atomic mass is 10.6. The number of anilines is 1. The first kappa shape index (κ1) is 14.9. The largest absolute Gasteiger partial charge is 0.407 e. The third kappa shape index (κ3) is 4.59. The van der Waals surface area contributed by atoms with Crippen molar-refractivity contribution in [3.8, 4) is 0 Å². The van der Waals surface area contributed by atoms with E-state index in [0.717, 1.165) is 6.54 Å². The van der Waals surface area contributed by atoms with Crippen LogP contribution in [0.5, 0.6) is 0 Å². The predicted molar refractivity (Wildman–Crippen MR) is 67.6 cm³/mol. The van der Waals surface area contributed by atoms with Gasteiger partial charge in [-0.05, 0) is 6.54 Å². The lowest BCUT2D eigenvalue weighted by Crippen LogP contribution is -2.28. The van der Waals surface area contributed by atoms with Gasteiger partial charge in [-0.3, -0.25) is 0 Å². The van der Waals surface area contributed by atoms with Crippen LogP contribution < -0.4 is 10.6 Å². The lowest BCUT2D eigenvalue weighted by molar-refractivity contribution is 0.481. The molecular formula is C9H19N5O3S. The SMILES string of the molecule is CCNCc1nnc(NCCS(=O)(=O)N(C)C)o1. The molecule has 0 aromatic carbocycles. The first-order valence-corrected chi connectivity index (χ1v) is 7.23. The lowest BCUT2D eigenvalue weighted by Gasteiger charge is -2.10. The zero-order valence-electron chi connectivity index (χ0n) is 10.8. The molecule has 18 heavy (non-hydrogen) atoms. The normalized spacial score (nSPS) is 12.0. The molecule has 104 valence electrons. The average Bonchev–Trinajstić information content (AvgIpc) is 2.74. The summed E-state index contributed by atoms with van der Waals surface area (Å²) in [5, 5.41) is 13.4. The molecule has 0 fully saturated rings. The third-order valence-corrected chi connectivity index (χ3v) is 4.02. The Morgan fingerprint density at radius 1 is 1.33 bits per heavy atom. The van der Waals surface area contributed by atoms with Crippen LogP contribution in [0.2, 0.25) is 0 Å². The van der Waals surface area contributed by atoms with Crippen LogP contribution in [-0.2, 0) is 16.6 Å². The van der Waals surface area contributed by atoms with E-state index in [1.54, 1.807) is 0 Å². The van der Waals surface area contributed by atoms with E-state index < -0.39 is 10.0 Å². The van der Waals surface area contributed by atoms with Gasteiger partial charge in [0.05, 0.1) is 12.3 Å². The molecule has 8 nitrogen and oxygen atoms in total. The molecule has 1 rings (SSSR count). The molecule has 0 unspecified atom stereocenters. The van der Waals surface area contributed by atoms with Crippen molar-refractivity contribution in [2.24, 2.45) is 0 Å². The van der Waals surface area contributed by atoms with Crippen molar-refractivity contribution in [1.29, 1.82) is 0 Å². The number of hydrogen-bond acceptors (Lipinski definition) is 7. The molecule has 0 aliphatic heterocycles. The molecule has 1 aromatic rings. The van der Waals surface area contributed by atoms with Crippen molar-refractivity contribution in [2.45, 2.75) is 13.5 Å². The van der Waals surface area contributed by atoms with Gasteiger partial charge in [-0.2, -0.15) is 0 Å². The summed E-state index contributed by atoms with van der Waals surface area (Å²) in [7, 11) is -0.214.